The monoisotopic (exact) mass is 653 g/mol. The van der Waals surface area contributed by atoms with Gasteiger partial charge in [0, 0.05) is 30.9 Å². The van der Waals surface area contributed by atoms with Crippen LogP contribution in [0.1, 0.15) is 78.3 Å². The van der Waals surface area contributed by atoms with Crippen molar-refractivity contribution in [1.82, 2.24) is 19.8 Å². The van der Waals surface area contributed by atoms with E-state index in [9.17, 15) is 27.6 Å². The molecular formula is C34H38F3N5O5. The largest absolute Gasteiger partial charge is 0.478 e. The van der Waals surface area contributed by atoms with Gasteiger partial charge in [0.05, 0.1) is 25.3 Å². The molecule has 13 heteroatoms. The van der Waals surface area contributed by atoms with Crippen LogP contribution in [0.3, 0.4) is 0 Å². The van der Waals surface area contributed by atoms with E-state index in [2.05, 4.69) is 27.3 Å². The Morgan fingerprint density at radius 2 is 1.83 bits per heavy atom. The molecule has 0 spiro atoms. The number of carbonyl (C=O) groups is 2. The van der Waals surface area contributed by atoms with E-state index in [1.54, 1.807) is 23.6 Å². The summed E-state index contributed by atoms with van der Waals surface area (Å²) in [7, 11) is 0. The first-order valence-corrected chi connectivity index (χ1v) is 16.1. The van der Waals surface area contributed by atoms with E-state index in [1.807, 2.05) is 6.20 Å². The van der Waals surface area contributed by atoms with Gasteiger partial charge in [-0.1, -0.05) is 6.42 Å². The zero-order valence-electron chi connectivity index (χ0n) is 26.3. The van der Waals surface area contributed by atoms with Gasteiger partial charge in [0.15, 0.2) is 0 Å². The molecular weight excluding hydrogens is 615 g/mol. The fourth-order valence-corrected chi connectivity index (χ4v) is 5.95. The quantitative estimate of drug-likeness (QED) is 0.248. The minimum atomic E-state index is -3.11. The van der Waals surface area contributed by atoms with Gasteiger partial charge in [-0.15, -0.1) is 0 Å². The average Bonchev–Trinajstić information content (AvgIpc) is 3.83. The number of ether oxygens (including phenoxy) is 2. The number of aromatic nitrogens is 2. The molecule has 1 atom stereocenters. The Bertz CT molecular complexity index is 1700. The lowest BCUT2D eigenvalue weighted by atomic mass is 9.80. The van der Waals surface area contributed by atoms with Crippen LogP contribution >= 0.6 is 0 Å². The second-order valence-electron chi connectivity index (χ2n) is 12.4. The highest BCUT2D eigenvalue weighted by molar-refractivity contribution is 6.05. The fourth-order valence-electron chi connectivity index (χ4n) is 5.95. The van der Waals surface area contributed by atoms with Crippen LogP contribution in [-0.2, 0) is 6.54 Å². The Labute approximate surface area is 270 Å². The van der Waals surface area contributed by atoms with Crippen molar-refractivity contribution in [3.63, 3.8) is 0 Å². The summed E-state index contributed by atoms with van der Waals surface area (Å²) in [6.07, 6.45) is 6.01. The molecule has 3 aromatic rings. The van der Waals surface area contributed by atoms with Crippen molar-refractivity contribution in [3.05, 3.63) is 69.6 Å². The molecule has 0 radical (unpaired) electrons. The number of likely N-dealkylation sites (tertiary alicyclic amines) is 1. The second kappa shape index (κ2) is 13.8. The Kier molecular flexibility index (Phi) is 9.53. The number of alkyl halides is 3. The number of amides is 2. The molecule has 10 nitrogen and oxygen atoms in total. The predicted molar refractivity (Wildman–Crippen MR) is 169 cm³/mol. The van der Waals surface area contributed by atoms with Gasteiger partial charge in [-0.2, -0.15) is 13.8 Å². The fraction of sp³-hybridized carbons (Fsp3) is 0.471. The lowest BCUT2D eigenvalue weighted by Gasteiger charge is -2.34. The molecule has 1 saturated heterocycles. The van der Waals surface area contributed by atoms with Crippen molar-refractivity contribution in [2.75, 3.05) is 25.0 Å². The molecule has 47 heavy (non-hydrogen) atoms. The van der Waals surface area contributed by atoms with Gasteiger partial charge in [-0.05, 0) is 92.5 Å². The number of halogens is 3. The van der Waals surface area contributed by atoms with Crippen LogP contribution in [0.5, 0.6) is 11.6 Å². The van der Waals surface area contributed by atoms with Crippen molar-refractivity contribution in [1.29, 1.82) is 0 Å². The van der Waals surface area contributed by atoms with Crippen LogP contribution in [0.25, 0.3) is 11.1 Å². The lowest BCUT2D eigenvalue weighted by molar-refractivity contribution is -0.0499. The van der Waals surface area contributed by atoms with Gasteiger partial charge in [-0.3, -0.25) is 14.4 Å². The number of pyridine rings is 2. The van der Waals surface area contributed by atoms with Gasteiger partial charge in [0.2, 0.25) is 5.88 Å². The summed E-state index contributed by atoms with van der Waals surface area (Å²) in [5.74, 6) is -0.656. The molecule has 250 valence electrons. The topological polar surface area (TPSA) is 115 Å². The molecule has 2 aliphatic carbocycles. The normalized spacial score (nSPS) is 17.2. The van der Waals surface area contributed by atoms with E-state index in [0.717, 1.165) is 18.4 Å². The molecule has 6 rings (SSSR count). The molecule has 1 aliphatic heterocycles. The van der Waals surface area contributed by atoms with E-state index in [1.165, 1.54) is 48.4 Å². The summed E-state index contributed by atoms with van der Waals surface area (Å²) in [6.45, 7) is 1.31. The number of hydrogen-bond acceptors (Lipinski definition) is 7. The highest BCUT2D eigenvalue weighted by atomic mass is 19.3. The highest BCUT2D eigenvalue weighted by Crippen LogP contribution is 2.35. The maximum absolute atomic E-state index is 13.7. The number of nitrogens with zero attached hydrogens (tertiary/aromatic N) is 3. The number of carbonyl (C=O) groups excluding carboxylic acids is 2. The van der Waals surface area contributed by atoms with E-state index in [-0.39, 0.29) is 54.3 Å². The molecule has 2 N–H and O–H groups in total. The number of anilines is 1. The third-order valence-corrected chi connectivity index (χ3v) is 8.99. The maximum Gasteiger partial charge on any atom is 0.387 e. The van der Waals surface area contributed by atoms with E-state index in [0.29, 0.717) is 29.6 Å². The zero-order chi connectivity index (χ0) is 33.2. The van der Waals surface area contributed by atoms with Crippen LogP contribution < -0.4 is 25.7 Å². The summed E-state index contributed by atoms with van der Waals surface area (Å²) in [4.78, 5) is 46.1. The number of hydrogen-bond donors (Lipinski definition) is 2. The first-order chi connectivity index (χ1) is 22.6. The molecule has 0 bridgehead atoms. The van der Waals surface area contributed by atoms with E-state index >= 15 is 0 Å². The SMILES string of the molecule is CCOc1cc(-c2ccc(OC(F)F)cc2C(=O)N2CC(F)C2)cc(NC(=O)c2cc(CN[C@@H](C)C3CCC3)cn(C3CC3)c2=O)n1. The third-order valence-electron chi connectivity index (χ3n) is 8.99. The highest BCUT2D eigenvalue weighted by Gasteiger charge is 2.33. The van der Waals surface area contributed by atoms with Crippen molar-refractivity contribution < 1.29 is 32.2 Å². The smallest absolute Gasteiger partial charge is 0.387 e. The summed E-state index contributed by atoms with van der Waals surface area (Å²) in [5, 5.41) is 6.27. The molecule has 1 aromatic carbocycles. The van der Waals surface area contributed by atoms with Crippen LogP contribution in [0.2, 0.25) is 0 Å². The lowest BCUT2D eigenvalue weighted by Crippen LogP contribution is -2.51. The molecule has 0 unspecified atom stereocenters. The van der Waals surface area contributed by atoms with Crippen molar-refractivity contribution in [2.24, 2.45) is 5.92 Å². The first kappa shape index (κ1) is 32.5. The van der Waals surface area contributed by atoms with Crippen LogP contribution in [0.15, 0.2) is 47.4 Å². The summed E-state index contributed by atoms with van der Waals surface area (Å²) < 4.78 is 51.4. The van der Waals surface area contributed by atoms with E-state index < -0.39 is 30.2 Å². The minimum absolute atomic E-state index is 0.00428. The molecule has 3 aliphatic rings. The van der Waals surface area contributed by atoms with Crippen LogP contribution in [-0.4, -0.2) is 64.8 Å². The first-order valence-electron chi connectivity index (χ1n) is 16.1. The van der Waals surface area contributed by atoms with Gasteiger partial charge < -0.3 is 29.6 Å². The van der Waals surface area contributed by atoms with Gasteiger partial charge in [-0.25, -0.2) is 4.39 Å². The number of benzene rings is 1. The molecule has 2 aromatic heterocycles. The van der Waals surface area contributed by atoms with Gasteiger partial charge in [0.1, 0.15) is 23.3 Å². The Balaban J connectivity index is 1.31. The predicted octanol–water partition coefficient (Wildman–Crippen LogP) is 5.57. The second-order valence-corrected chi connectivity index (χ2v) is 12.4. The average molecular weight is 654 g/mol. The maximum atomic E-state index is 13.7. The Morgan fingerprint density at radius 1 is 1.06 bits per heavy atom. The molecule has 2 saturated carbocycles. The molecule has 3 fully saturated rings. The Morgan fingerprint density at radius 3 is 2.47 bits per heavy atom. The zero-order valence-corrected chi connectivity index (χ0v) is 26.3. The van der Waals surface area contributed by atoms with Crippen LogP contribution in [0, 0.1) is 5.92 Å². The minimum Gasteiger partial charge on any atom is -0.478 e. The van der Waals surface area contributed by atoms with Gasteiger partial charge >= 0.3 is 6.61 Å². The number of nitrogens with one attached hydrogen (secondary N) is 2. The Hall–Kier alpha value is -4.39. The third kappa shape index (κ3) is 7.45. The van der Waals surface area contributed by atoms with Crippen molar-refractivity contribution >= 4 is 17.6 Å². The summed E-state index contributed by atoms with van der Waals surface area (Å²) in [6, 6.07) is 8.92. The van der Waals surface area contributed by atoms with Gasteiger partial charge in [0.25, 0.3) is 17.4 Å². The molecule has 2 amide bonds. The van der Waals surface area contributed by atoms with Crippen molar-refractivity contribution in [3.8, 4) is 22.8 Å². The molecule has 3 heterocycles. The standard InChI is InChI=1S/C34H38F3N5O5/c1-3-46-30-13-22(26-10-9-25(47-34(36)37)14-27(26)32(44)41-17-23(35)18-41)12-29(39-30)40-31(43)28-11-20(15-38-19(2)21-5-4-6-21)16-42(33(28)45)24-7-8-24/h9-14,16,19,21,23-24,34,38H,3-8,15,17-18H2,1-2H3,(H,39,40,43)/t19-/m0/s1. The van der Waals surface area contributed by atoms with Crippen molar-refractivity contribution in [2.45, 2.75) is 77.4 Å². The number of rotatable bonds is 13. The van der Waals surface area contributed by atoms with Crippen LogP contribution in [0.4, 0.5) is 19.0 Å². The summed E-state index contributed by atoms with van der Waals surface area (Å²) in [5.41, 5.74) is 1.08. The van der Waals surface area contributed by atoms with E-state index in [4.69, 9.17) is 4.74 Å². The summed E-state index contributed by atoms with van der Waals surface area (Å²) >= 11 is 0.